The van der Waals surface area contributed by atoms with Crippen LogP contribution < -0.4 is 10.6 Å². The van der Waals surface area contributed by atoms with E-state index in [9.17, 15) is 9.59 Å². The molecule has 0 unspecified atom stereocenters. The normalized spacial score (nSPS) is 10.3. The van der Waals surface area contributed by atoms with Crippen molar-refractivity contribution >= 4 is 40.7 Å². The van der Waals surface area contributed by atoms with Gasteiger partial charge >= 0.3 is 0 Å². The van der Waals surface area contributed by atoms with Crippen LogP contribution in [0.15, 0.2) is 22.7 Å². The standard InChI is InChI=1S/C14H17N5O2S2/c1-9(20)17-12-5-4-11(8-16-12)13(21)15-6-3-7-22-14-19-18-10(2)23-14/h4-5,8H,3,6-7H2,1-2H3,(H,15,21)(H,16,17,20). The molecular weight excluding hydrogens is 334 g/mol. The lowest BCUT2D eigenvalue weighted by atomic mass is 10.2. The minimum atomic E-state index is -0.196. The van der Waals surface area contributed by atoms with Gasteiger partial charge < -0.3 is 10.6 Å². The number of pyridine rings is 1. The van der Waals surface area contributed by atoms with Gasteiger partial charge in [0.05, 0.1) is 5.56 Å². The molecule has 2 rings (SSSR count). The van der Waals surface area contributed by atoms with Crippen molar-refractivity contribution in [3.63, 3.8) is 0 Å². The molecule has 2 amide bonds. The lowest BCUT2D eigenvalue weighted by molar-refractivity contribution is -0.114. The summed E-state index contributed by atoms with van der Waals surface area (Å²) in [7, 11) is 0. The molecule has 0 aliphatic rings. The first-order valence-electron chi connectivity index (χ1n) is 6.99. The lowest BCUT2D eigenvalue weighted by Gasteiger charge is -2.05. The molecule has 0 saturated carbocycles. The topological polar surface area (TPSA) is 96.9 Å². The van der Waals surface area contributed by atoms with Gasteiger partial charge in [-0.25, -0.2) is 4.98 Å². The Morgan fingerprint density at radius 1 is 1.30 bits per heavy atom. The molecular formula is C14H17N5O2S2. The first-order chi connectivity index (χ1) is 11.0. The van der Waals surface area contributed by atoms with Gasteiger partial charge in [0.2, 0.25) is 5.91 Å². The van der Waals surface area contributed by atoms with E-state index in [1.807, 2.05) is 6.92 Å². The molecule has 7 nitrogen and oxygen atoms in total. The number of hydrogen-bond donors (Lipinski definition) is 2. The van der Waals surface area contributed by atoms with Gasteiger partial charge in [-0.15, -0.1) is 10.2 Å². The molecule has 0 aliphatic carbocycles. The molecule has 9 heteroatoms. The van der Waals surface area contributed by atoms with Crippen molar-refractivity contribution in [3.8, 4) is 0 Å². The number of carbonyl (C=O) groups excluding carboxylic acids is 2. The Morgan fingerprint density at radius 3 is 2.74 bits per heavy atom. The Kier molecular flexibility index (Phi) is 6.48. The van der Waals surface area contributed by atoms with Crippen molar-refractivity contribution in [1.82, 2.24) is 20.5 Å². The minimum absolute atomic E-state index is 0.177. The average Bonchev–Trinajstić information content (AvgIpc) is 2.92. The van der Waals surface area contributed by atoms with Crippen LogP contribution in [0.1, 0.15) is 28.7 Å². The Balaban J connectivity index is 1.69. The average molecular weight is 351 g/mol. The molecule has 0 radical (unpaired) electrons. The van der Waals surface area contributed by atoms with Crippen LogP contribution in [0.25, 0.3) is 0 Å². The lowest BCUT2D eigenvalue weighted by Crippen LogP contribution is -2.25. The van der Waals surface area contributed by atoms with Crippen molar-refractivity contribution in [2.24, 2.45) is 0 Å². The first-order valence-corrected chi connectivity index (χ1v) is 8.79. The summed E-state index contributed by atoms with van der Waals surface area (Å²) in [6.07, 6.45) is 2.28. The molecule has 2 aromatic rings. The number of anilines is 1. The molecule has 0 spiro atoms. The summed E-state index contributed by atoms with van der Waals surface area (Å²) in [5, 5.41) is 14.3. The van der Waals surface area contributed by atoms with Gasteiger partial charge in [0, 0.05) is 25.4 Å². The predicted molar refractivity (Wildman–Crippen MR) is 90.9 cm³/mol. The number of nitrogens with zero attached hydrogens (tertiary/aromatic N) is 3. The molecule has 2 N–H and O–H groups in total. The Hall–Kier alpha value is -2.00. The highest BCUT2D eigenvalue weighted by Crippen LogP contribution is 2.21. The molecule has 0 bridgehead atoms. The van der Waals surface area contributed by atoms with Crippen molar-refractivity contribution < 1.29 is 9.59 Å². The zero-order valence-corrected chi connectivity index (χ0v) is 14.5. The Labute approximate surface area is 142 Å². The second kappa shape index (κ2) is 8.59. The van der Waals surface area contributed by atoms with E-state index in [1.165, 1.54) is 13.1 Å². The van der Waals surface area contributed by atoms with Gasteiger partial charge in [-0.05, 0) is 25.5 Å². The summed E-state index contributed by atoms with van der Waals surface area (Å²) >= 11 is 3.21. The summed E-state index contributed by atoms with van der Waals surface area (Å²) in [4.78, 5) is 26.9. The third kappa shape index (κ3) is 5.95. The molecule has 0 aliphatic heterocycles. The van der Waals surface area contributed by atoms with Crippen LogP contribution in [0.2, 0.25) is 0 Å². The number of carbonyl (C=O) groups is 2. The molecule has 0 saturated heterocycles. The number of aromatic nitrogens is 3. The van der Waals surface area contributed by atoms with Gasteiger partial charge in [-0.1, -0.05) is 23.1 Å². The van der Waals surface area contributed by atoms with Crippen LogP contribution >= 0.6 is 23.1 Å². The van der Waals surface area contributed by atoms with Crippen LogP contribution in [-0.4, -0.2) is 39.3 Å². The first kappa shape index (κ1) is 17.4. The predicted octanol–water partition coefficient (Wildman–Crippen LogP) is 2.11. The second-order valence-corrected chi connectivity index (χ2v) is 7.18. The van der Waals surface area contributed by atoms with Crippen LogP contribution in [0, 0.1) is 6.92 Å². The van der Waals surface area contributed by atoms with Crippen molar-refractivity contribution in [1.29, 1.82) is 0 Å². The van der Waals surface area contributed by atoms with E-state index in [-0.39, 0.29) is 11.8 Å². The fourth-order valence-electron chi connectivity index (χ4n) is 1.65. The van der Waals surface area contributed by atoms with E-state index in [2.05, 4.69) is 25.8 Å². The molecule has 0 fully saturated rings. The van der Waals surface area contributed by atoms with E-state index in [4.69, 9.17) is 0 Å². The van der Waals surface area contributed by atoms with Crippen LogP contribution in [0.5, 0.6) is 0 Å². The number of amides is 2. The number of nitrogens with one attached hydrogen (secondary N) is 2. The summed E-state index contributed by atoms with van der Waals surface area (Å²) < 4.78 is 0.951. The fraction of sp³-hybridized carbons (Fsp3) is 0.357. The fourth-order valence-corrected chi connectivity index (χ4v) is 3.48. The van der Waals surface area contributed by atoms with E-state index in [0.717, 1.165) is 21.5 Å². The molecule has 122 valence electrons. The Bertz CT molecular complexity index is 672. The van der Waals surface area contributed by atoms with Gasteiger partial charge in [0.15, 0.2) is 4.34 Å². The minimum Gasteiger partial charge on any atom is -0.352 e. The van der Waals surface area contributed by atoms with Crippen molar-refractivity contribution in [2.45, 2.75) is 24.6 Å². The van der Waals surface area contributed by atoms with Gasteiger partial charge in [0.25, 0.3) is 5.91 Å². The third-order valence-corrected chi connectivity index (χ3v) is 4.73. The number of aryl methyl sites for hydroxylation is 1. The Morgan fingerprint density at radius 2 is 2.13 bits per heavy atom. The van der Waals surface area contributed by atoms with E-state index in [0.29, 0.717) is 17.9 Å². The zero-order chi connectivity index (χ0) is 16.7. The largest absolute Gasteiger partial charge is 0.352 e. The van der Waals surface area contributed by atoms with Gasteiger partial charge in [-0.3, -0.25) is 9.59 Å². The van der Waals surface area contributed by atoms with E-state index in [1.54, 1.807) is 35.2 Å². The molecule has 2 heterocycles. The summed E-state index contributed by atoms with van der Waals surface area (Å²) in [6.45, 7) is 3.91. The summed E-state index contributed by atoms with van der Waals surface area (Å²) in [5.74, 6) is 0.925. The second-order valence-electron chi connectivity index (χ2n) is 4.66. The third-order valence-electron chi connectivity index (χ3n) is 2.67. The SMILES string of the molecule is CC(=O)Nc1ccc(C(=O)NCCCSc2nnc(C)s2)cn1. The van der Waals surface area contributed by atoms with Gasteiger partial charge in [0.1, 0.15) is 10.8 Å². The molecule has 0 aromatic carbocycles. The zero-order valence-electron chi connectivity index (χ0n) is 12.8. The van der Waals surface area contributed by atoms with Crippen LogP contribution in [0.4, 0.5) is 5.82 Å². The van der Waals surface area contributed by atoms with Crippen molar-refractivity contribution in [3.05, 3.63) is 28.9 Å². The van der Waals surface area contributed by atoms with Crippen LogP contribution in [-0.2, 0) is 4.79 Å². The number of thioether (sulfide) groups is 1. The quantitative estimate of drug-likeness (QED) is 0.586. The van der Waals surface area contributed by atoms with Crippen molar-refractivity contribution in [2.75, 3.05) is 17.6 Å². The van der Waals surface area contributed by atoms with E-state index < -0.39 is 0 Å². The highest BCUT2D eigenvalue weighted by atomic mass is 32.2. The maximum atomic E-state index is 11.9. The molecule has 0 atom stereocenters. The van der Waals surface area contributed by atoms with E-state index >= 15 is 0 Å². The smallest absolute Gasteiger partial charge is 0.252 e. The van der Waals surface area contributed by atoms with Crippen LogP contribution in [0.3, 0.4) is 0 Å². The summed E-state index contributed by atoms with van der Waals surface area (Å²) in [5.41, 5.74) is 0.464. The number of rotatable bonds is 7. The monoisotopic (exact) mass is 351 g/mol. The number of hydrogen-bond acceptors (Lipinski definition) is 7. The highest BCUT2D eigenvalue weighted by Gasteiger charge is 2.06. The summed E-state index contributed by atoms with van der Waals surface area (Å²) in [6, 6.07) is 3.23. The maximum Gasteiger partial charge on any atom is 0.252 e. The highest BCUT2D eigenvalue weighted by molar-refractivity contribution is 8.01. The molecule has 23 heavy (non-hydrogen) atoms. The maximum absolute atomic E-state index is 11.9. The molecule has 2 aromatic heterocycles. The van der Waals surface area contributed by atoms with Gasteiger partial charge in [-0.2, -0.15) is 0 Å².